The van der Waals surface area contributed by atoms with E-state index in [2.05, 4.69) is 10.6 Å². The van der Waals surface area contributed by atoms with Crippen molar-refractivity contribution in [2.45, 2.75) is 38.1 Å². The Morgan fingerprint density at radius 2 is 2.37 bits per heavy atom. The van der Waals surface area contributed by atoms with Crippen molar-refractivity contribution in [1.29, 1.82) is 0 Å². The minimum atomic E-state index is -0.387. The van der Waals surface area contributed by atoms with E-state index in [1.54, 1.807) is 6.07 Å². The number of hydrogen-bond donors (Lipinski definition) is 2. The fraction of sp³-hybridized carbons (Fsp3) is 0.533. The first-order valence-corrected chi connectivity index (χ1v) is 6.94. The molecule has 2 N–H and O–H groups in total. The van der Waals surface area contributed by atoms with E-state index in [-0.39, 0.29) is 17.3 Å². The molecule has 2 rings (SSSR count). The lowest BCUT2D eigenvalue weighted by Crippen LogP contribution is -2.53. The predicted octanol–water partition coefficient (Wildman–Crippen LogP) is 2.02. The molecule has 0 bridgehead atoms. The van der Waals surface area contributed by atoms with Gasteiger partial charge in [0.25, 0.3) is 0 Å². The van der Waals surface area contributed by atoms with Crippen LogP contribution in [-0.2, 0) is 11.2 Å². The van der Waals surface area contributed by atoms with E-state index in [1.165, 1.54) is 12.1 Å². The largest absolute Gasteiger partial charge is 0.354 e. The van der Waals surface area contributed by atoms with Crippen molar-refractivity contribution in [1.82, 2.24) is 10.6 Å². The van der Waals surface area contributed by atoms with Gasteiger partial charge >= 0.3 is 0 Å². The molecule has 104 valence electrons. The number of hydrogen-bond acceptors (Lipinski definition) is 2. The van der Waals surface area contributed by atoms with Crippen molar-refractivity contribution in [3.8, 4) is 0 Å². The molecule has 0 radical (unpaired) electrons. The van der Waals surface area contributed by atoms with Crippen LogP contribution in [0.4, 0.5) is 4.39 Å². The van der Waals surface area contributed by atoms with Crippen LogP contribution in [0.5, 0.6) is 0 Å². The Morgan fingerprint density at radius 1 is 1.53 bits per heavy atom. The van der Waals surface area contributed by atoms with Crippen molar-refractivity contribution in [3.63, 3.8) is 0 Å². The van der Waals surface area contributed by atoms with Crippen LogP contribution in [0.15, 0.2) is 24.3 Å². The summed E-state index contributed by atoms with van der Waals surface area (Å²) in [5, 5.41) is 6.27. The van der Waals surface area contributed by atoms with Gasteiger partial charge in [0, 0.05) is 6.54 Å². The van der Waals surface area contributed by atoms with Crippen molar-refractivity contribution < 1.29 is 9.18 Å². The summed E-state index contributed by atoms with van der Waals surface area (Å²) in [6.45, 7) is 3.49. The van der Waals surface area contributed by atoms with Crippen LogP contribution in [0.1, 0.15) is 31.7 Å². The van der Waals surface area contributed by atoms with E-state index in [4.69, 9.17) is 0 Å². The van der Waals surface area contributed by atoms with E-state index in [1.807, 2.05) is 13.0 Å². The summed E-state index contributed by atoms with van der Waals surface area (Å²) in [5.74, 6) is -0.157. The van der Waals surface area contributed by atoms with Gasteiger partial charge in [0.2, 0.25) is 5.91 Å². The number of benzene rings is 1. The van der Waals surface area contributed by atoms with Gasteiger partial charge in [-0.15, -0.1) is 0 Å². The second kappa shape index (κ2) is 6.15. The van der Waals surface area contributed by atoms with Gasteiger partial charge in [-0.05, 0) is 49.9 Å². The van der Waals surface area contributed by atoms with Gasteiger partial charge in [0.05, 0.1) is 5.54 Å². The maximum absolute atomic E-state index is 13.0. The van der Waals surface area contributed by atoms with Gasteiger partial charge in [-0.3, -0.25) is 4.79 Å². The van der Waals surface area contributed by atoms with Crippen molar-refractivity contribution >= 4 is 5.91 Å². The van der Waals surface area contributed by atoms with E-state index in [0.29, 0.717) is 13.0 Å². The third-order valence-electron chi connectivity index (χ3n) is 3.87. The van der Waals surface area contributed by atoms with E-state index in [9.17, 15) is 9.18 Å². The highest BCUT2D eigenvalue weighted by Crippen LogP contribution is 2.22. The van der Waals surface area contributed by atoms with Gasteiger partial charge in [-0.25, -0.2) is 4.39 Å². The Hall–Kier alpha value is -1.42. The highest BCUT2D eigenvalue weighted by atomic mass is 19.1. The van der Waals surface area contributed by atoms with Gasteiger partial charge < -0.3 is 10.6 Å². The summed E-state index contributed by atoms with van der Waals surface area (Å²) in [6, 6.07) is 6.50. The summed E-state index contributed by atoms with van der Waals surface area (Å²) in [4.78, 5) is 12.2. The van der Waals surface area contributed by atoms with Crippen molar-refractivity contribution in [2.75, 3.05) is 13.1 Å². The highest BCUT2D eigenvalue weighted by Gasteiger charge is 2.38. The molecule has 1 amide bonds. The Kier molecular flexibility index (Phi) is 4.53. The predicted molar refractivity (Wildman–Crippen MR) is 73.4 cm³/mol. The van der Waals surface area contributed by atoms with Crippen LogP contribution in [-0.4, -0.2) is 24.5 Å². The zero-order chi connectivity index (χ0) is 13.7. The number of carbonyl (C=O) groups excluding carboxylic acids is 1. The molecule has 1 heterocycles. The third-order valence-corrected chi connectivity index (χ3v) is 3.87. The average molecular weight is 264 g/mol. The first kappa shape index (κ1) is 14.0. The number of amides is 1. The van der Waals surface area contributed by atoms with Crippen LogP contribution in [0.2, 0.25) is 0 Å². The first-order valence-electron chi connectivity index (χ1n) is 6.94. The molecule has 0 spiro atoms. The average Bonchev–Trinajstić information content (AvgIpc) is 2.89. The molecular formula is C15H21FN2O. The lowest BCUT2D eigenvalue weighted by Gasteiger charge is -2.26. The Bertz CT molecular complexity index is 442. The number of carbonyl (C=O) groups is 1. The maximum atomic E-state index is 13.0. The minimum absolute atomic E-state index is 0.0731. The van der Waals surface area contributed by atoms with E-state index >= 15 is 0 Å². The summed E-state index contributed by atoms with van der Waals surface area (Å²) >= 11 is 0. The zero-order valence-electron chi connectivity index (χ0n) is 11.3. The molecule has 0 aliphatic carbocycles. The maximum Gasteiger partial charge on any atom is 0.240 e. The fourth-order valence-corrected chi connectivity index (χ4v) is 2.64. The molecule has 19 heavy (non-hydrogen) atoms. The fourth-order valence-electron chi connectivity index (χ4n) is 2.64. The molecule has 1 saturated heterocycles. The highest BCUT2D eigenvalue weighted by molar-refractivity contribution is 5.86. The van der Waals surface area contributed by atoms with Crippen molar-refractivity contribution in [3.05, 3.63) is 35.6 Å². The second-order valence-electron chi connectivity index (χ2n) is 5.10. The molecule has 1 fully saturated rings. The number of rotatable bonds is 5. The number of nitrogens with one attached hydrogen (secondary N) is 2. The Morgan fingerprint density at radius 3 is 3.00 bits per heavy atom. The lowest BCUT2D eigenvalue weighted by atomic mass is 9.93. The molecule has 1 aromatic rings. The molecule has 1 aliphatic heterocycles. The van der Waals surface area contributed by atoms with E-state index in [0.717, 1.165) is 31.4 Å². The molecular weight excluding hydrogens is 243 g/mol. The van der Waals surface area contributed by atoms with Crippen LogP contribution in [0.3, 0.4) is 0 Å². The minimum Gasteiger partial charge on any atom is -0.354 e. The monoisotopic (exact) mass is 264 g/mol. The van der Waals surface area contributed by atoms with Crippen molar-refractivity contribution in [2.24, 2.45) is 0 Å². The molecule has 1 aromatic carbocycles. The lowest BCUT2D eigenvalue weighted by molar-refractivity contribution is -0.127. The molecule has 1 unspecified atom stereocenters. The van der Waals surface area contributed by atoms with Crippen LogP contribution in [0, 0.1) is 5.82 Å². The SMILES string of the molecule is CCC1(C(=O)NCCc2cccc(F)c2)CCCN1. The van der Waals surface area contributed by atoms with Gasteiger partial charge in [0.15, 0.2) is 0 Å². The van der Waals surface area contributed by atoms with Gasteiger partial charge in [-0.1, -0.05) is 19.1 Å². The first-order chi connectivity index (χ1) is 9.16. The summed E-state index contributed by atoms with van der Waals surface area (Å²) < 4.78 is 13.0. The third kappa shape index (κ3) is 3.32. The van der Waals surface area contributed by atoms with Crippen LogP contribution in [0.25, 0.3) is 0 Å². The quantitative estimate of drug-likeness (QED) is 0.854. The van der Waals surface area contributed by atoms with E-state index < -0.39 is 0 Å². The molecule has 1 aliphatic rings. The molecule has 4 heteroatoms. The normalized spacial score (nSPS) is 22.4. The Balaban J connectivity index is 1.84. The van der Waals surface area contributed by atoms with Gasteiger partial charge in [0.1, 0.15) is 5.82 Å². The van der Waals surface area contributed by atoms with Crippen LogP contribution >= 0.6 is 0 Å². The topological polar surface area (TPSA) is 41.1 Å². The summed E-state index contributed by atoms with van der Waals surface area (Å²) in [5.41, 5.74) is 0.521. The Labute approximate surface area is 113 Å². The van der Waals surface area contributed by atoms with Crippen LogP contribution < -0.4 is 10.6 Å². The summed E-state index contributed by atoms with van der Waals surface area (Å²) in [7, 11) is 0. The second-order valence-corrected chi connectivity index (χ2v) is 5.10. The number of halogens is 1. The van der Waals surface area contributed by atoms with Gasteiger partial charge in [-0.2, -0.15) is 0 Å². The molecule has 0 saturated carbocycles. The summed E-state index contributed by atoms with van der Waals surface area (Å²) in [6.07, 6.45) is 3.41. The smallest absolute Gasteiger partial charge is 0.240 e. The standard InChI is InChI=1S/C15H21FN2O/c1-2-15(8-4-9-18-15)14(19)17-10-7-12-5-3-6-13(16)11-12/h3,5-6,11,18H,2,4,7-10H2,1H3,(H,17,19). The molecule has 1 atom stereocenters. The molecule has 3 nitrogen and oxygen atoms in total. The molecule has 0 aromatic heterocycles. The zero-order valence-corrected chi connectivity index (χ0v) is 11.3.